The van der Waals surface area contributed by atoms with Crippen LogP contribution in [0.1, 0.15) is 34.6 Å². The van der Waals surface area contributed by atoms with Crippen LogP contribution in [0.4, 0.5) is 0 Å². The fourth-order valence-corrected chi connectivity index (χ4v) is 1.72. The van der Waals surface area contributed by atoms with Crippen LogP contribution in [0.25, 0.3) is 0 Å². The first kappa shape index (κ1) is 23.4. The van der Waals surface area contributed by atoms with Crippen molar-refractivity contribution in [2.45, 2.75) is 34.6 Å². The number of hydrogen-bond donors (Lipinski definition) is 0. The van der Waals surface area contributed by atoms with Crippen molar-refractivity contribution in [1.82, 2.24) is 4.98 Å². The van der Waals surface area contributed by atoms with E-state index in [0.717, 1.165) is 0 Å². The standard InChI is InChI=1S/C10H15.C5H5N.2CH3.Rh/c1-6-7(2)9(4)10(5)8(6)3;1-2-4-6-5-3-1;;;/h1-5H3;1-5H;2*1H3;/q;;2*-1;+2. The Morgan fingerprint density at radius 3 is 1.11 bits per heavy atom. The van der Waals surface area contributed by atoms with E-state index in [1.807, 2.05) is 18.2 Å². The third-order valence-electron chi connectivity index (χ3n) is 3.38. The largest absolute Gasteiger partial charge is 2.00 e. The number of nitrogens with zero attached hydrogens (tertiary/aromatic N) is 1. The Balaban J connectivity index is -0.000000252. The Labute approximate surface area is 133 Å². The number of aromatic nitrogens is 1. The molecule has 0 aliphatic heterocycles. The molecule has 1 aromatic heterocycles. The van der Waals surface area contributed by atoms with Gasteiger partial charge in [0.1, 0.15) is 0 Å². The van der Waals surface area contributed by atoms with Gasteiger partial charge in [0.05, 0.1) is 0 Å². The maximum absolute atomic E-state index is 3.78. The molecule has 0 saturated heterocycles. The molecule has 0 unspecified atom stereocenters. The van der Waals surface area contributed by atoms with Gasteiger partial charge in [-0.3, -0.25) is 4.98 Å². The van der Waals surface area contributed by atoms with Gasteiger partial charge < -0.3 is 14.9 Å². The van der Waals surface area contributed by atoms with Gasteiger partial charge in [-0.05, 0) is 51.0 Å². The van der Waals surface area contributed by atoms with E-state index in [0.29, 0.717) is 0 Å². The predicted octanol–water partition coefficient (Wildman–Crippen LogP) is 5.25. The van der Waals surface area contributed by atoms with E-state index in [-0.39, 0.29) is 34.3 Å². The number of rotatable bonds is 0. The van der Waals surface area contributed by atoms with Crippen molar-refractivity contribution in [1.29, 1.82) is 0 Å². The van der Waals surface area contributed by atoms with Crippen molar-refractivity contribution >= 4 is 0 Å². The number of pyridine rings is 1. The van der Waals surface area contributed by atoms with Crippen LogP contribution >= 0.6 is 0 Å². The van der Waals surface area contributed by atoms with Crippen molar-refractivity contribution in [3.8, 4) is 0 Å². The van der Waals surface area contributed by atoms with Crippen LogP contribution in [0.3, 0.4) is 0 Å². The average molecular weight is 347 g/mol. The Morgan fingerprint density at radius 1 is 0.632 bits per heavy atom. The molecule has 1 aliphatic carbocycles. The van der Waals surface area contributed by atoms with Gasteiger partial charge in [0.15, 0.2) is 0 Å². The van der Waals surface area contributed by atoms with Gasteiger partial charge in [-0.1, -0.05) is 24.1 Å². The van der Waals surface area contributed by atoms with Gasteiger partial charge in [0.2, 0.25) is 0 Å². The normalized spacial score (nSPS) is 13.7. The van der Waals surface area contributed by atoms with Crippen LogP contribution in [-0.4, -0.2) is 4.98 Å². The summed E-state index contributed by atoms with van der Waals surface area (Å²) in [6, 6.07) is 5.72. The van der Waals surface area contributed by atoms with Gasteiger partial charge in [-0.25, -0.2) is 0 Å². The molecule has 2 rings (SSSR count). The summed E-state index contributed by atoms with van der Waals surface area (Å²) in [6.45, 7) is 11.0. The van der Waals surface area contributed by atoms with Gasteiger partial charge in [-0.15, -0.1) is 0 Å². The second kappa shape index (κ2) is 11.1. The van der Waals surface area contributed by atoms with Crippen LogP contribution in [-0.2, 0) is 19.5 Å². The molecule has 1 aromatic rings. The van der Waals surface area contributed by atoms with Crippen LogP contribution in [0.5, 0.6) is 0 Å². The molecule has 0 bridgehead atoms. The van der Waals surface area contributed by atoms with Gasteiger partial charge in [0.25, 0.3) is 0 Å². The summed E-state index contributed by atoms with van der Waals surface area (Å²) in [5, 5.41) is 0. The zero-order chi connectivity index (χ0) is 12.1. The molecule has 1 heterocycles. The molecule has 1 aliphatic rings. The molecule has 0 aromatic carbocycles. The van der Waals surface area contributed by atoms with Gasteiger partial charge >= 0.3 is 19.5 Å². The molecule has 0 fully saturated rings. The van der Waals surface area contributed by atoms with Crippen molar-refractivity contribution in [3.05, 3.63) is 73.7 Å². The third kappa shape index (κ3) is 6.29. The van der Waals surface area contributed by atoms with Crippen LogP contribution in [0, 0.1) is 20.8 Å². The topological polar surface area (TPSA) is 12.9 Å². The van der Waals surface area contributed by atoms with E-state index in [1.54, 1.807) is 12.4 Å². The summed E-state index contributed by atoms with van der Waals surface area (Å²) in [6.07, 6.45) is 3.50. The monoisotopic (exact) mass is 347 g/mol. The minimum absolute atomic E-state index is 0. The van der Waals surface area contributed by atoms with Crippen LogP contribution in [0.15, 0.2) is 52.9 Å². The molecule has 1 nitrogen and oxygen atoms in total. The Bertz CT molecular complexity index is 354. The first-order valence-corrected chi connectivity index (χ1v) is 5.60. The fraction of sp³-hybridized carbons (Fsp3) is 0.294. The first-order valence-electron chi connectivity index (χ1n) is 5.60. The van der Waals surface area contributed by atoms with E-state index >= 15 is 0 Å². The summed E-state index contributed by atoms with van der Waals surface area (Å²) in [5.74, 6) is 1.47. The molecule has 0 atom stereocenters. The number of allylic oxidation sites excluding steroid dienone is 4. The van der Waals surface area contributed by atoms with E-state index < -0.39 is 0 Å². The van der Waals surface area contributed by atoms with Crippen molar-refractivity contribution in [3.63, 3.8) is 0 Å². The first-order chi connectivity index (χ1) is 7.55. The second-order valence-corrected chi connectivity index (χ2v) is 4.15. The molecule has 0 amide bonds. The van der Waals surface area contributed by atoms with Crippen LogP contribution < -0.4 is 0 Å². The molecule has 0 N–H and O–H groups in total. The molecule has 19 heavy (non-hydrogen) atoms. The smallest absolute Gasteiger partial charge is 0.358 e. The minimum atomic E-state index is 0. The Morgan fingerprint density at radius 2 is 1.00 bits per heavy atom. The van der Waals surface area contributed by atoms with Crippen molar-refractivity contribution < 1.29 is 19.5 Å². The summed E-state index contributed by atoms with van der Waals surface area (Å²) in [5.41, 5.74) is 5.87. The Kier molecular flexibility index (Phi) is 13.7. The average Bonchev–Trinajstić information content (AvgIpc) is 2.51. The van der Waals surface area contributed by atoms with Crippen molar-refractivity contribution in [2.75, 3.05) is 0 Å². The van der Waals surface area contributed by atoms with E-state index in [2.05, 4.69) is 39.6 Å². The van der Waals surface area contributed by atoms with E-state index in [4.69, 9.17) is 0 Å². The summed E-state index contributed by atoms with van der Waals surface area (Å²) in [4.78, 5) is 3.78. The summed E-state index contributed by atoms with van der Waals surface area (Å²) >= 11 is 0. The quantitative estimate of drug-likeness (QED) is 0.462. The van der Waals surface area contributed by atoms with Gasteiger partial charge in [-0.2, -0.15) is 0 Å². The summed E-state index contributed by atoms with van der Waals surface area (Å²) in [7, 11) is 0. The molecular formula is C17H26NRh. The Hall–Kier alpha value is -0.747. The molecule has 2 heteroatoms. The minimum Gasteiger partial charge on any atom is -0.358 e. The van der Waals surface area contributed by atoms with Crippen molar-refractivity contribution in [2.24, 2.45) is 0 Å². The number of hydrogen-bond acceptors (Lipinski definition) is 1. The van der Waals surface area contributed by atoms with E-state index in [1.165, 1.54) is 28.2 Å². The third-order valence-corrected chi connectivity index (χ3v) is 3.38. The maximum Gasteiger partial charge on any atom is 2.00 e. The fourth-order valence-electron chi connectivity index (χ4n) is 1.72. The molecular weight excluding hydrogens is 321 g/mol. The maximum atomic E-state index is 3.78. The molecule has 0 saturated carbocycles. The summed E-state index contributed by atoms with van der Waals surface area (Å²) < 4.78 is 0. The van der Waals surface area contributed by atoms with E-state index in [9.17, 15) is 0 Å². The molecule has 0 spiro atoms. The SMILES string of the molecule is C[C]1C(C)=C(C)C(C)=C1C.[CH3-].[CH3-].[Rh+2].c1ccncc1. The van der Waals surface area contributed by atoms with Gasteiger partial charge in [0, 0.05) is 18.3 Å². The zero-order valence-corrected chi connectivity index (χ0v) is 14.8. The van der Waals surface area contributed by atoms with Crippen LogP contribution in [0.2, 0.25) is 0 Å². The zero-order valence-electron chi connectivity index (χ0n) is 13.2. The molecule has 108 valence electrons. The second-order valence-electron chi connectivity index (χ2n) is 4.15. The molecule has 2 radical (unpaired) electrons. The predicted molar refractivity (Wildman–Crippen MR) is 82.7 cm³/mol.